The highest BCUT2D eigenvalue weighted by atomic mass is 19.1. The number of halogens is 1. The van der Waals surface area contributed by atoms with Gasteiger partial charge in [-0.25, -0.2) is 9.18 Å². The third-order valence-electron chi connectivity index (χ3n) is 3.98. The molecule has 0 saturated heterocycles. The van der Waals surface area contributed by atoms with Crippen LogP contribution in [0.4, 0.5) is 4.39 Å². The summed E-state index contributed by atoms with van der Waals surface area (Å²) in [6.45, 7) is 0.168. The van der Waals surface area contributed by atoms with Gasteiger partial charge in [-0.2, -0.15) is 0 Å². The second-order valence-electron chi connectivity index (χ2n) is 6.17. The van der Waals surface area contributed by atoms with Crippen LogP contribution in [0.1, 0.15) is 21.5 Å². The van der Waals surface area contributed by atoms with Gasteiger partial charge in [-0.1, -0.05) is 42.5 Å². The number of carbonyl (C=O) groups excluding carboxylic acids is 1. The lowest BCUT2D eigenvalue weighted by atomic mass is 10.1. The highest BCUT2D eigenvalue weighted by molar-refractivity contribution is 6.02. The Balaban J connectivity index is 1.73. The standard InChI is InChI=1S/C23H18FNO4/c24-19-10-4-7-17(12-19)15-29-20-11-5-6-16(13-20)14-21(23(27)28)25-22(26)18-8-2-1-3-9-18/h1-14H,15H2,(H,25,26)(H,27,28)/b21-14+. The lowest BCUT2D eigenvalue weighted by Gasteiger charge is -2.09. The van der Waals surface area contributed by atoms with Gasteiger partial charge in [0.25, 0.3) is 5.91 Å². The van der Waals surface area contributed by atoms with Crippen molar-refractivity contribution < 1.29 is 23.8 Å². The molecule has 3 aromatic rings. The van der Waals surface area contributed by atoms with Gasteiger partial charge in [0.15, 0.2) is 0 Å². The van der Waals surface area contributed by atoms with Crippen LogP contribution in [0.3, 0.4) is 0 Å². The minimum absolute atomic E-state index is 0.168. The molecule has 29 heavy (non-hydrogen) atoms. The Morgan fingerprint density at radius 3 is 2.45 bits per heavy atom. The number of hydrogen-bond donors (Lipinski definition) is 2. The highest BCUT2D eigenvalue weighted by Crippen LogP contribution is 2.17. The molecular formula is C23H18FNO4. The highest BCUT2D eigenvalue weighted by Gasteiger charge is 2.13. The van der Waals surface area contributed by atoms with Gasteiger partial charge < -0.3 is 15.2 Å². The van der Waals surface area contributed by atoms with E-state index >= 15 is 0 Å². The molecule has 1 amide bonds. The molecule has 0 saturated carbocycles. The van der Waals surface area contributed by atoms with Gasteiger partial charge in [-0.3, -0.25) is 4.79 Å². The first-order valence-electron chi connectivity index (χ1n) is 8.80. The molecule has 0 unspecified atom stereocenters. The summed E-state index contributed by atoms with van der Waals surface area (Å²) in [4.78, 5) is 23.8. The summed E-state index contributed by atoms with van der Waals surface area (Å²) in [6.07, 6.45) is 1.35. The number of carboxylic acids is 1. The topological polar surface area (TPSA) is 75.6 Å². The third-order valence-corrected chi connectivity index (χ3v) is 3.98. The zero-order valence-corrected chi connectivity index (χ0v) is 15.3. The average molecular weight is 391 g/mol. The molecular weight excluding hydrogens is 373 g/mol. The first kappa shape index (κ1) is 19.8. The predicted octanol–water partition coefficient (Wildman–Crippen LogP) is 4.26. The molecule has 6 heteroatoms. The molecule has 0 atom stereocenters. The fourth-order valence-electron chi connectivity index (χ4n) is 2.59. The SMILES string of the molecule is O=C(O)/C(=C\c1cccc(OCc2cccc(F)c2)c1)NC(=O)c1ccccc1. The minimum Gasteiger partial charge on any atom is -0.489 e. The summed E-state index contributed by atoms with van der Waals surface area (Å²) < 4.78 is 18.9. The van der Waals surface area contributed by atoms with Crippen LogP contribution in [-0.2, 0) is 11.4 Å². The van der Waals surface area contributed by atoms with Crippen LogP contribution in [-0.4, -0.2) is 17.0 Å². The quantitative estimate of drug-likeness (QED) is 0.590. The summed E-state index contributed by atoms with van der Waals surface area (Å²) in [5, 5.41) is 11.8. The maximum atomic E-state index is 13.2. The zero-order valence-electron chi connectivity index (χ0n) is 15.3. The number of benzene rings is 3. The molecule has 0 heterocycles. The summed E-state index contributed by atoms with van der Waals surface area (Å²) in [7, 11) is 0. The van der Waals surface area contributed by atoms with Crippen molar-refractivity contribution in [2.24, 2.45) is 0 Å². The van der Waals surface area contributed by atoms with Gasteiger partial charge in [0, 0.05) is 5.56 Å². The van der Waals surface area contributed by atoms with Crippen LogP contribution in [0.5, 0.6) is 5.75 Å². The Morgan fingerprint density at radius 2 is 1.72 bits per heavy atom. The van der Waals surface area contributed by atoms with Gasteiger partial charge in [0.2, 0.25) is 0 Å². The Morgan fingerprint density at radius 1 is 0.966 bits per heavy atom. The van der Waals surface area contributed by atoms with E-state index in [1.54, 1.807) is 66.7 Å². The van der Waals surface area contributed by atoms with Crippen LogP contribution in [0, 0.1) is 5.82 Å². The Bertz CT molecular complexity index is 1050. The molecule has 2 N–H and O–H groups in total. The number of ether oxygens (including phenoxy) is 1. The first-order valence-corrected chi connectivity index (χ1v) is 8.80. The molecule has 0 aromatic heterocycles. The van der Waals surface area contributed by atoms with Gasteiger partial charge in [0.05, 0.1) is 0 Å². The molecule has 3 aromatic carbocycles. The van der Waals surface area contributed by atoms with Gasteiger partial charge >= 0.3 is 5.97 Å². The molecule has 0 bridgehead atoms. The van der Waals surface area contributed by atoms with E-state index in [0.29, 0.717) is 22.4 Å². The van der Waals surface area contributed by atoms with Crippen molar-refractivity contribution in [3.8, 4) is 5.75 Å². The van der Waals surface area contributed by atoms with E-state index in [4.69, 9.17) is 4.74 Å². The summed E-state index contributed by atoms with van der Waals surface area (Å²) in [6, 6.07) is 21.1. The Labute approximate surface area is 167 Å². The average Bonchev–Trinajstić information content (AvgIpc) is 2.72. The summed E-state index contributed by atoms with van der Waals surface area (Å²) >= 11 is 0. The number of hydrogen-bond acceptors (Lipinski definition) is 3. The van der Waals surface area contributed by atoms with Crippen molar-refractivity contribution in [1.29, 1.82) is 0 Å². The van der Waals surface area contributed by atoms with Crippen molar-refractivity contribution in [3.05, 3.63) is 107 Å². The number of aliphatic carboxylic acids is 1. The molecule has 0 fully saturated rings. The van der Waals surface area contributed by atoms with Crippen molar-refractivity contribution >= 4 is 18.0 Å². The van der Waals surface area contributed by atoms with E-state index in [2.05, 4.69) is 5.32 Å². The van der Waals surface area contributed by atoms with Crippen molar-refractivity contribution in [3.63, 3.8) is 0 Å². The number of nitrogens with one attached hydrogen (secondary N) is 1. The lowest BCUT2D eigenvalue weighted by Crippen LogP contribution is -2.27. The van der Waals surface area contributed by atoms with Gasteiger partial charge in [-0.05, 0) is 53.6 Å². The van der Waals surface area contributed by atoms with Gasteiger partial charge in [0.1, 0.15) is 23.9 Å². The van der Waals surface area contributed by atoms with E-state index in [1.165, 1.54) is 18.2 Å². The lowest BCUT2D eigenvalue weighted by molar-refractivity contribution is -0.132. The zero-order chi connectivity index (χ0) is 20.6. The van der Waals surface area contributed by atoms with E-state index in [1.807, 2.05) is 0 Å². The fourth-order valence-corrected chi connectivity index (χ4v) is 2.59. The monoisotopic (exact) mass is 391 g/mol. The molecule has 5 nitrogen and oxygen atoms in total. The van der Waals surface area contributed by atoms with Gasteiger partial charge in [-0.15, -0.1) is 0 Å². The summed E-state index contributed by atoms with van der Waals surface area (Å²) in [5.74, 6) is -1.64. The second-order valence-corrected chi connectivity index (χ2v) is 6.17. The van der Waals surface area contributed by atoms with Crippen LogP contribution in [0.25, 0.3) is 6.08 Å². The normalized spacial score (nSPS) is 11.0. The minimum atomic E-state index is -1.26. The third kappa shape index (κ3) is 5.77. The molecule has 0 aliphatic heterocycles. The fraction of sp³-hybridized carbons (Fsp3) is 0.0435. The van der Waals surface area contributed by atoms with E-state index in [-0.39, 0.29) is 18.1 Å². The maximum Gasteiger partial charge on any atom is 0.352 e. The number of carbonyl (C=O) groups is 2. The molecule has 0 radical (unpaired) electrons. The smallest absolute Gasteiger partial charge is 0.352 e. The van der Waals surface area contributed by atoms with E-state index in [9.17, 15) is 19.1 Å². The molecule has 0 aliphatic carbocycles. The van der Waals surface area contributed by atoms with Crippen LogP contribution >= 0.6 is 0 Å². The van der Waals surface area contributed by atoms with Crippen molar-refractivity contribution in [1.82, 2.24) is 5.32 Å². The van der Waals surface area contributed by atoms with E-state index < -0.39 is 11.9 Å². The Hall–Kier alpha value is -3.93. The van der Waals surface area contributed by atoms with Crippen LogP contribution in [0.2, 0.25) is 0 Å². The molecule has 0 aliphatic rings. The maximum absolute atomic E-state index is 13.2. The first-order chi connectivity index (χ1) is 14.0. The Kier molecular flexibility index (Phi) is 6.37. The van der Waals surface area contributed by atoms with Crippen molar-refractivity contribution in [2.45, 2.75) is 6.61 Å². The number of carboxylic acid groups (broad SMARTS) is 1. The molecule has 0 spiro atoms. The second kappa shape index (κ2) is 9.32. The molecule has 3 rings (SSSR count). The van der Waals surface area contributed by atoms with Crippen LogP contribution < -0.4 is 10.1 Å². The molecule has 146 valence electrons. The largest absolute Gasteiger partial charge is 0.489 e. The van der Waals surface area contributed by atoms with E-state index in [0.717, 1.165) is 0 Å². The number of amides is 1. The van der Waals surface area contributed by atoms with Crippen molar-refractivity contribution in [2.75, 3.05) is 0 Å². The summed E-state index contributed by atoms with van der Waals surface area (Å²) in [5.41, 5.74) is 1.30. The predicted molar refractivity (Wildman–Crippen MR) is 107 cm³/mol. The van der Waals surface area contributed by atoms with Crippen LogP contribution in [0.15, 0.2) is 84.6 Å². The number of rotatable bonds is 7.